The zero-order chi connectivity index (χ0) is 7.69. The summed E-state index contributed by atoms with van der Waals surface area (Å²) in [5.74, 6) is 0. The van der Waals surface area contributed by atoms with Crippen LogP contribution in [0.4, 0.5) is 0 Å². The summed E-state index contributed by atoms with van der Waals surface area (Å²) in [6.07, 6.45) is 1.70. The van der Waals surface area contributed by atoms with Crippen LogP contribution in [-0.2, 0) is 9.47 Å². The maximum Gasteiger partial charge on any atom is 0.121 e. The highest BCUT2D eigenvalue weighted by molar-refractivity contribution is 5.22. The van der Waals surface area contributed by atoms with Crippen molar-refractivity contribution in [2.45, 2.75) is 43.2 Å². The van der Waals surface area contributed by atoms with E-state index in [1.807, 2.05) is 6.92 Å². The van der Waals surface area contributed by atoms with Gasteiger partial charge in [0.25, 0.3) is 0 Å². The molecule has 0 unspecified atom stereocenters. The zero-order valence-electron chi connectivity index (χ0n) is 6.54. The van der Waals surface area contributed by atoms with Crippen molar-refractivity contribution in [1.82, 2.24) is 0 Å². The number of hydrogen-bond donors (Lipinski definition) is 1. The Balaban J connectivity index is 1.90. The number of fused-ring (bicyclic) bond motifs is 2. The Kier molecular flexibility index (Phi) is 0.866. The lowest BCUT2D eigenvalue weighted by Crippen LogP contribution is -2.40. The van der Waals surface area contributed by atoms with E-state index in [9.17, 15) is 5.11 Å². The standard InChI is InChI=1S/C8H12O3/c1-7-5(9)2-3-8(4-10-8)6(7)11-7/h5-6,9H,2-4H2,1H3/t5-,6-,7-,8+/m1/s1. The van der Waals surface area contributed by atoms with E-state index in [4.69, 9.17) is 9.47 Å². The van der Waals surface area contributed by atoms with Crippen LogP contribution in [0.15, 0.2) is 0 Å². The Bertz CT molecular complexity index is 211. The van der Waals surface area contributed by atoms with Gasteiger partial charge in [0, 0.05) is 0 Å². The van der Waals surface area contributed by atoms with Gasteiger partial charge in [0.05, 0.1) is 12.7 Å². The van der Waals surface area contributed by atoms with Crippen LogP contribution in [0.3, 0.4) is 0 Å². The largest absolute Gasteiger partial charge is 0.390 e. The van der Waals surface area contributed by atoms with Gasteiger partial charge in [0.15, 0.2) is 0 Å². The smallest absolute Gasteiger partial charge is 0.121 e. The third-order valence-electron chi connectivity index (χ3n) is 3.33. The van der Waals surface area contributed by atoms with Crippen molar-refractivity contribution >= 4 is 0 Å². The first kappa shape index (κ1) is 6.40. The summed E-state index contributed by atoms with van der Waals surface area (Å²) >= 11 is 0. The molecule has 3 nitrogen and oxygen atoms in total. The quantitative estimate of drug-likeness (QED) is 0.505. The first-order valence-electron chi connectivity index (χ1n) is 4.17. The van der Waals surface area contributed by atoms with E-state index in [1.165, 1.54) is 0 Å². The predicted octanol–water partition coefficient (Wildman–Crippen LogP) is 0.0676. The van der Waals surface area contributed by atoms with Crippen LogP contribution in [0.25, 0.3) is 0 Å². The van der Waals surface area contributed by atoms with Gasteiger partial charge in [0.1, 0.15) is 17.3 Å². The number of ether oxygens (including phenoxy) is 2. The number of hydrogen-bond acceptors (Lipinski definition) is 3. The van der Waals surface area contributed by atoms with Gasteiger partial charge in [-0.05, 0) is 19.8 Å². The van der Waals surface area contributed by atoms with Crippen molar-refractivity contribution < 1.29 is 14.6 Å². The van der Waals surface area contributed by atoms with Gasteiger partial charge in [-0.1, -0.05) is 0 Å². The maximum absolute atomic E-state index is 9.56. The molecule has 2 aliphatic heterocycles. The van der Waals surface area contributed by atoms with Crippen LogP contribution in [0, 0.1) is 0 Å². The van der Waals surface area contributed by atoms with Crippen LogP contribution < -0.4 is 0 Å². The fraction of sp³-hybridized carbons (Fsp3) is 1.00. The SMILES string of the molecule is C[C@]12O[C@H]1[C@]1(CC[C@H]2O)CO1. The molecular formula is C8H12O3. The summed E-state index contributed by atoms with van der Waals surface area (Å²) in [5, 5.41) is 9.56. The Morgan fingerprint density at radius 2 is 2.27 bits per heavy atom. The molecule has 3 fully saturated rings. The predicted molar refractivity (Wildman–Crippen MR) is 37.2 cm³/mol. The van der Waals surface area contributed by atoms with Gasteiger partial charge in [-0.3, -0.25) is 0 Å². The summed E-state index contributed by atoms with van der Waals surface area (Å²) in [6.45, 7) is 2.81. The molecule has 0 aromatic rings. The van der Waals surface area contributed by atoms with Crippen LogP contribution in [0.1, 0.15) is 19.8 Å². The van der Waals surface area contributed by atoms with Crippen LogP contribution >= 0.6 is 0 Å². The summed E-state index contributed by atoms with van der Waals surface area (Å²) in [5.41, 5.74) is -0.247. The molecular weight excluding hydrogens is 144 g/mol. The van der Waals surface area contributed by atoms with E-state index in [0.717, 1.165) is 19.4 Å². The van der Waals surface area contributed by atoms with Gasteiger partial charge >= 0.3 is 0 Å². The maximum atomic E-state index is 9.56. The lowest BCUT2D eigenvalue weighted by Gasteiger charge is -2.23. The van der Waals surface area contributed by atoms with E-state index in [0.29, 0.717) is 0 Å². The minimum Gasteiger partial charge on any atom is -0.390 e. The highest BCUT2D eigenvalue weighted by atomic mass is 16.7. The van der Waals surface area contributed by atoms with Crippen molar-refractivity contribution in [2.24, 2.45) is 0 Å². The Morgan fingerprint density at radius 1 is 1.55 bits per heavy atom. The molecule has 1 saturated carbocycles. The minimum absolute atomic E-state index is 0.0218. The molecule has 0 amide bonds. The van der Waals surface area contributed by atoms with Crippen molar-refractivity contribution in [3.63, 3.8) is 0 Å². The van der Waals surface area contributed by atoms with E-state index in [-0.39, 0.29) is 23.4 Å². The third kappa shape index (κ3) is 0.604. The summed E-state index contributed by atoms with van der Waals surface area (Å²) in [7, 11) is 0. The van der Waals surface area contributed by atoms with Gasteiger partial charge in [-0.25, -0.2) is 0 Å². The molecule has 3 aliphatic rings. The fourth-order valence-electron chi connectivity index (χ4n) is 2.29. The summed E-state index contributed by atoms with van der Waals surface area (Å²) in [6, 6.07) is 0. The average Bonchev–Trinajstić information content (AvgIpc) is 2.80. The molecule has 0 bridgehead atoms. The van der Waals surface area contributed by atoms with Crippen molar-refractivity contribution in [1.29, 1.82) is 0 Å². The molecule has 2 saturated heterocycles. The normalized spacial score (nSPS) is 66.0. The lowest BCUT2D eigenvalue weighted by molar-refractivity contribution is 0.0649. The van der Waals surface area contributed by atoms with Crippen LogP contribution in [0.5, 0.6) is 0 Å². The highest BCUT2D eigenvalue weighted by Crippen LogP contribution is 2.58. The molecule has 1 aliphatic carbocycles. The second kappa shape index (κ2) is 1.49. The summed E-state index contributed by atoms with van der Waals surface area (Å²) < 4.78 is 10.8. The number of aliphatic hydroxyl groups is 1. The second-order valence-electron chi connectivity index (χ2n) is 4.09. The van der Waals surface area contributed by atoms with Gasteiger partial charge in [-0.2, -0.15) is 0 Å². The second-order valence-corrected chi connectivity index (χ2v) is 4.09. The highest BCUT2D eigenvalue weighted by Gasteiger charge is 2.74. The molecule has 11 heavy (non-hydrogen) atoms. The average molecular weight is 156 g/mol. The molecule has 1 spiro atoms. The van der Waals surface area contributed by atoms with Gasteiger partial charge in [0.2, 0.25) is 0 Å². The van der Waals surface area contributed by atoms with Crippen molar-refractivity contribution in [2.75, 3.05) is 6.61 Å². The number of aliphatic hydroxyl groups excluding tert-OH is 1. The van der Waals surface area contributed by atoms with E-state index in [1.54, 1.807) is 0 Å². The molecule has 3 heteroatoms. The Hall–Kier alpha value is -0.120. The molecule has 3 rings (SSSR count). The Labute approximate surface area is 65.3 Å². The number of rotatable bonds is 0. The molecule has 0 radical (unpaired) electrons. The van der Waals surface area contributed by atoms with Gasteiger partial charge in [-0.15, -0.1) is 0 Å². The number of epoxide rings is 2. The molecule has 1 N–H and O–H groups in total. The molecule has 4 atom stereocenters. The lowest BCUT2D eigenvalue weighted by atomic mass is 9.80. The molecule has 2 heterocycles. The molecule has 62 valence electrons. The van der Waals surface area contributed by atoms with Crippen LogP contribution in [-0.4, -0.2) is 35.1 Å². The van der Waals surface area contributed by atoms with E-state index < -0.39 is 0 Å². The van der Waals surface area contributed by atoms with Crippen molar-refractivity contribution in [3.8, 4) is 0 Å². The van der Waals surface area contributed by atoms with Crippen LogP contribution in [0.2, 0.25) is 0 Å². The van der Waals surface area contributed by atoms with Crippen molar-refractivity contribution in [3.05, 3.63) is 0 Å². The Morgan fingerprint density at radius 3 is 2.91 bits per heavy atom. The van der Waals surface area contributed by atoms with E-state index >= 15 is 0 Å². The molecule has 0 aromatic carbocycles. The first-order valence-corrected chi connectivity index (χ1v) is 4.17. The van der Waals surface area contributed by atoms with Gasteiger partial charge < -0.3 is 14.6 Å². The molecule has 0 aromatic heterocycles. The third-order valence-corrected chi connectivity index (χ3v) is 3.33. The van der Waals surface area contributed by atoms with E-state index in [2.05, 4.69) is 0 Å². The minimum atomic E-state index is -0.276. The zero-order valence-corrected chi connectivity index (χ0v) is 6.54. The topological polar surface area (TPSA) is 45.3 Å². The first-order chi connectivity index (χ1) is 5.17. The monoisotopic (exact) mass is 156 g/mol. The fourth-order valence-corrected chi connectivity index (χ4v) is 2.29. The summed E-state index contributed by atoms with van der Waals surface area (Å²) in [4.78, 5) is 0.